The van der Waals surface area contributed by atoms with Crippen molar-refractivity contribution in [3.05, 3.63) is 0 Å². The predicted octanol–water partition coefficient (Wildman–Crippen LogP) is 0.171. The minimum Gasteiger partial charge on any atom is -0.359 e. The lowest BCUT2D eigenvalue weighted by molar-refractivity contribution is -0.120. The summed E-state index contributed by atoms with van der Waals surface area (Å²) < 4.78 is 0. The molecule has 1 rings (SSSR count). The minimum atomic E-state index is 0.147. The van der Waals surface area contributed by atoms with Crippen LogP contribution in [0.3, 0.4) is 0 Å². The smallest absolute Gasteiger partial charge is 0.221 e. The average Bonchev–Trinajstić information content (AvgIpc) is 2.16. The van der Waals surface area contributed by atoms with E-state index < -0.39 is 0 Å². The van der Waals surface area contributed by atoms with E-state index in [4.69, 9.17) is 0 Å². The second-order valence-corrected chi connectivity index (χ2v) is 4.10. The monoisotopic (exact) mass is 188 g/mol. The quantitative estimate of drug-likeness (QED) is 0.685. The van der Waals surface area contributed by atoms with E-state index >= 15 is 0 Å². The lowest BCUT2D eigenvalue weighted by atomic mass is 10.3. The van der Waals surface area contributed by atoms with Crippen molar-refractivity contribution in [2.75, 3.05) is 38.2 Å². The minimum absolute atomic E-state index is 0.147. The Morgan fingerprint density at radius 3 is 2.75 bits per heavy atom. The van der Waals surface area contributed by atoms with Gasteiger partial charge in [0.1, 0.15) is 0 Å². The highest BCUT2D eigenvalue weighted by Crippen LogP contribution is 2.08. The molecule has 0 atom stereocenters. The van der Waals surface area contributed by atoms with Crippen molar-refractivity contribution < 1.29 is 4.79 Å². The molecule has 1 aliphatic heterocycles. The van der Waals surface area contributed by atoms with E-state index in [0.29, 0.717) is 6.42 Å². The number of amides is 1. The van der Waals surface area contributed by atoms with E-state index in [2.05, 4.69) is 10.2 Å². The number of carbonyl (C=O) groups excluding carboxylic acids is 1. The summed E-state index contributed by atoms with van der Waals surface area (Å²) >= 11 is 2.00. The standard InChI is InChI=1S/C8H16N2OS/c1-9-8(11)2-3-10-4-6-12-7-5-10/h2-7H2,1H3,(H,9,11). The van der Waals surface area contributed by atoms with Gasteiger partial charge in [0.2, 0.25) is 5.91 Å². The van der Waals surface area contributed by atoms with Crippen molar-refractivity contribution in [1.82, 2.24) is 10.2 Å². The highest BCUT2D eigenvalue weighted by molar-refractivity contribution is 7.99. The Morgan fingerprint density at radius 1 is 1.50 bits per heavy atom. The van der Waals surface area contributed by atoms with E-state index in [1.165, 1.54) is 11.5 Å². The maximum Gasteiger partial charge on any atom is 0.221 e. The van der Waals surface area contributed by atoms with Crippen LogP contribution in [0.1, 0.15) is 6.42 Å². The van der Waals surface area contributed by atoms with Crippen LogP contribution in [0.5, 0.6) is 0 Å². The van der Waals surface area contributed by atoms with Gasteiger partial charge in [0.05, 0.1) is 0 Å². The van der Waals surface area contributed by atoms with E-state index in [1.54, 1.807) is 7.05 Å². The Hall–Kier alpha value is -0.220. The molecule has 1 aliphatic rings. The lowest BCUT2D eigenvalue weighted by Gasteiger charge is -2.25. The summed E-state index contributed by atoms with van der Waals surface area (Å²) in [5.74, 6) is 2.58. The second-order valence-electron chi connectivity index (χ2n) is 2.88. The molecule has 0 saturated carbocycles. The fraction of sp³-hybridized carbons (Fsp3) is 0.875. The molecule has 0 aromatic heterocycles. The SMILES string of the molecule is CNC(=O)CCN1CCSCC1. The van der Waals surface area contributed by atoms with Gasteiger partial charge in [-0.05, 0) is 0 Å². The number of carbonyl (C=O) groups is 1. The Morgan fingerprint density at radius 2 is 2.17 bits per heavy atom. The van der Waals surface area contributed by atoms with Crippen molar-refractivity contribution in [2.24, 2.45) is 0 Å². The largest absolute Gasteiger partial charge is 0.359 e. The van der Waals surface area contributed by atoms with Crippen molar-refractivity contribution in [2.45, 2.75) is 6.42 Å². The van der Waals surface area contributed by atoms with Crippen LogP contribution in [0.4, 0.5) is 0 Å². The predicted molar refractivity (Wildman–Crippen MR) is 52.4 cm³/mol. The fourth-order valence-corrected chi connectivity index (χ4v) is 2.19. The molecule has 0 aliphatic carbocycles. The third-order valence-electron chi connectivity index (χ3n) is 2.04. The van der Waals surface area contributed by atoms with Crippen LogP contribution < -0.4 is 5.32 Å². The Balaban J connectivity index is 2.09. The number of nitrogens with one attached hydrogen (secondary N) is 1. The summed E-state index contributed by atoms with van der Waals surface area (Å²) in [6.07, 6.45) is 0.640. The van der Waals surface area contributed by atoms with E-state index in [1.807, 2.05) is 11.8 Å². The molecule has 12 heavy (non-hydrogen) atoms. The van der Waals surface area contributed by atoms with Crippen LogP contribution in [0.2, 0.25) is 0 Å². The van der Waals surface area contributed by atoms with Crippen molar-refractivity contribution >= 4 is 17.7 Å². The topological polar surface area (TPSA) is 32.3 Å². The number of thioether (sulfide) groups is 1. The number of hydrogen-bond donors (Lipinski definition) is 1. The molecular formula is C8H16N2OS. The highest BCUT2D eigenvalue weighted by Gasteiger charge is 2.10. The van der Waals surface area contributed by atoms with Gasteiger partial charge in [0.25, 0.3) is 0 Å². The molecule has 0 bridgehead atoms. The number of rotatable bonds is 3. The van der Waals surface area contributed by atoms with Crippen LogP contribution in [0, 0.1) is 0 Å². The van der Waals surface area contributed by atoms with Gasteiger partial charge in [-0.25, -0.2) is 0 Å². The van der Waals surface area contributed by atoms with Crippen molar-refractivity contribution in [1.29, 1.82) is 0 Å². The molecule has 0 spiro atoms. The van der Waals surface area contributed by atoms with Crippen molar-refractivity contribution in [3.8, 4) is 0 Å². The summed E-state index contributed by atoms with van der Waals surface area (Å²) in [5.41, 5.74) is 0. The maximum absolute atomic E-state index is 10.9. The Labute approximate surface area is 77.9 Å². The van der Waals surface area contributed by atoms with Gasteiger partial charge in [-0.1, -0.05) is 0 Å². The number of nitrogens with zero attached hydrogens (tertiary/aromatic N) is 1. The van der Waals surface area contributed by atoms with Crippen LogP contribution in [-0.2, 0) is 4.79 Å². The molecule has 1 heterocycles. The molecule has 3 nitrogen and oxygen atoms in total. The summed E-state index contributed by atoms with van der Waals surface area (Å²) in [7, 11) is 1.69. The zero-order valence-corrected chi connectivity index (χ0v) is 8.32. The van der Waals surface area contributed by atoms with Gasteiger partial charge in [-0.3, -0.25) is 4.79 Å². The van der Waals surface area contributed by atoms with Gasteiger partial charge in [0, 0.05) is 44.6 Å². The van der Waals surface area contributed by atoms with Crippen LogP contribution in [0.25, 0.3) is 0 Å². The third-order valence-corrected chi connectivity index (χ3v) is 2.98. The van der Waals surface area contributed by atoms with E-state index in [0.717, 1.165) is 19.6 Å². The van der Waals surface area contributed by atoms with E-state index in [-0.39, 0.29) is 5.91 Å². The van der Waals surface area contributed by atoms with Crippen LogP contribution in [0.15, 0.2) is 0 Å². The van der Waals surface area contributed by atoms with Crippen molar-refractivity contribution in [3.63, 3.8) is 0 Å². The number of hydrogen-bond acceptors (Lipinski definition) is 3. The first-order chi connectivity index (χ1) is 5.83. The third kappa shape index (κ3) is 3.45. The zero-order chi connectivity index (χ0) is 8.81. The van der Waals surface area contributed by atoms with Gasteiger partial charge in [0.15, 0.2) is 0 Å². The molecule has 4 heteroatoms. The first kappa shape index (κ1) is 9.86. The van der Waals surface area contributed by atoms with Crippen LogP contribution in [-0.4, -0.2) is 49.0 Å². The highest BCUT2D eigenvalue weighted by atomic mass is 32.2. The van der Waals surface area contributed by atoms with Gasteiger partial charge >= 0.3 is 0 Å². The first-order valence-electron chi connectivity index (χ1n) is 4.33. The molecular weight excluding hydrogens is 172 g/mol. The Kier molecular flexibility index (Phi) is 4.46. The van der Waals surface area contributed by atoms with Gasteiger partial charge in [-0.2, -0.15) is 11.8 Å². The summed E-state index contributed by atoms with van der Waals surface area (Å²) in [5, 5.41) is 2.63. The first-order valence-corrected chi connectivity index (χ1v) is 5.49. The molecule has 1 saturated heterocycles. The molecule has 1 amide bonds. The molecule has 0 radical (unpaired) electrons. The zero-order valence-electron chi connectivity index (χ0n) is 7.51. The molecule has 0 aromatic rings. The van der Waals surface area contributed by atoms with E-state index in [9.17, 15) is 4.79 Å². The molecule has 0 unspecified atom stereocenters. The normalized spacial score (nSPS) is 19.1. The van der Waals surface area contributed by atoms with Gasteiger partial charge < -0.3 is 10.2 Å². The molecule has 1 N–H and O–H groups in total. The summed E-state index contributed by atoms with van der Waals surface area (Å²) in [6, 6.07) is 0. The second kappa shape index (κ2) is 5.43. The summed E-state index contributed by atoms with van der Waals surface area (Å²) in [4.78, 5) is 13.3. The van der Waals surface area contributed by atoms with Gasteiger partial charge in [-0.15, -0.1) is 0 Å². The van der Waals surface area contributed by atoms with Crippen LogP contribution >= 0.6 is 11.8 Å². The maximum atomic E-state index is 10.9. The molecule has 0 aromatic carbocycles. The molecule has 70 valence electrons. The Bertz CT molecular complexity index is 146. The summed E-state index contributed by atoms with van der Waals surface area (Å²) in [6.45, 7) is 3.20. The average molecular weight is 188 g/mol. The lowest BCUT2D eigenvalue weighted by Crippen LogP contribution is -2.35. The fourth-order valence-electron chi connectivity index (χ4n) is 1.21. The molecule has 1 fully saturated rings.